The van der Waals surface area contributed by atoms with Crippen LogP contribution in [0.1, 0.15) is 5.01 Å². The molecule has 0 fully saturated rings. The van der Waals surface area contributed by atoms with Gasteiger partial charge in [-0.15, -0.1) is 10.2 Å². The maximum absolute atomic E-state index is 11.7. The van der Waals surface area contributed by atoms with E-state index in [-0.39, 0.29) is 12.5 Å². The number of nitrogens with zero attached hydrogens (tertiary/aromatic N) is 2. The van der Waals surface area contributed by atoms with Gasteiger partial charge in [0, 0.05) is 13.2 Å². The number of benzene rings is 1. The molecule has 0 saturated carbocycles. The third-order valence-electron chi connectivity index (χ3n) is 2.39. The first kappa shape index (κ1) is 15.2. The van der Waals surface area contributed by atoms with Crippen molar-refractivity contribution in [3.63, 3.8) is 0 Å². The summed E-state index contributed by atoms with van der Waals surface area (Å²) >= 11 is 1.26. The molecule has 0 atom stereocenters. The van der Waals surface area contributed by atoms with Crippen LogP contribution in [-0.4, -0.2) is 36.9 Å². The Morgan fingerprint density at radius 2 is 2.10 bits per heavy atom. The highest BCUT2D eigenvalue weighted by molar-refractivity contribution is 7.15. The normalized spacial score (nSPS) is 10.2. The average Bonchev–Trinajstić information content (AvgIpc) is 2.93. The lowest BCUT2D eigenvalue weighted by molar-refractivity contribution is -0.118. The molecule has 0 unspecified atom stereocenters. The van der Waals surface area contributed by atoms with E-state index in [0.29, 0.717) is 28.2 Å². The Morgan fingerprint density at radius 1 is 1.29 bits per heavy atom. The summed E-state index contributed by atoms with van der Waals surface area (Å²) in [5, 5.41) is 11.4. The Morgan fingerprint density at radius 3 is 2.86 bits per heavy atom. The van der Waals surface area contributed by atoms with Crippen molar-refractivity contribution in [3.05, 3.63) is 29.3 Å². The van der Waals surface area contributed by atoms with Crippen LogP contribution in [0.4, 0.5) is 5.13 Å². The van der Waals surface area contributed by atoms with Crippen LogP contribution < -0.4 is 14.8 Å². The molecule has 0 radical (unpaired) electrons. The minimum absolute atomic E-state index is 0.119. The molecule has 1 aromatic carbocycles. The molecule has 0 aliphatic heterocycles. The summed E-state index contributed by atoms with van der Waals surface area (Å²) in [4.78, 5) is 11.7. The predicted molar refractivity (Wildman–Crippen MR) is 77.7 cm³/mol. The fourth-order valence-corrected chi connectivity index (χ4v) is 2.21. The molecule has 0 aliphatic carbocycles. The first-order valence-electron chi connectivity index (χ1n) is 6.09. The van der Waals surface area contributed by atoms with Gasteiger partial charge in [-0.3, -0.25) is 10.1 Å². The second-order valence-corrected chi connectivity index (χ2v) is 5.01. The lowest BCUT2D eigenvalue weighted by atomic mass is 10.3. The third-order valence-corrected chi connectivity index (χ3v) is 3.20. The van der Waals surface area contributed by atoms with Crippen LogP contribution in [0.25, 0.3) is 0 Å². The van der Waals surface area contributed by atoms with Crippen LogP contribution in [0.5, 0.6) is 11.5 Å². The van der Waals surface area contributed by atoms with Gasteiger partial charge in [-0.05, 0) is 12.1 Å². The highest BCUT2D eigenvalue weighted by Gasteiger charge is 2.09. The van der Waals surface area contributed by atoms with E-state index in [9.17, 15) is 4.79 Å². The van der Waals surface area contributed by atoms with Gasteiger partial charge in [0.1, 0.15) is 23.1 Å². The number of anilines is 1. The lowest BCUT2D eigenvalue weighted by Crippen LogP contribution is -2.20. The van der Waals surface area contributed by atoms with Gasteiger partial charge in [0.15, 0.2) is 6.61 Å². The maximum atomic E-state index is 11.7. The van der Waals surface area contributed by atoms with Crippen LogP contribution in [0.3, 0.4) is 0 Å². The highest BCUT2D eigenvalue weighted by Crippen LogP contribution is 2.19. The first-order chi connectivity index (χ1) is 10.2. The fraction of sp³-hybridized carbons (Fsp3) is 0.308. The topological polar surface area (TPSA) is 82.6 Å². The van der Waals surface area contributed by atoms with E-state index in [4.69, 9.17) is 14.2 Å². The third kappa shape index (κ3) is 4.69. The Labute approximate surface area is 125 Å². The van der Waals surface area contributed by atoms with Gasteiger partial charge in [0.2, 0.25) is 5.13 Å². The van der Waals surface area contributed by atoms with Crippen molar-refractivity contribution >= 4 is 22.4 Å². The van der Waals surface area contributed by atoms with Gasteiger partial charge >= 0.3 is 0 Å². The van der Waals surface area contributed by atoms with E-state index < -0.39 is 0 Å². The molecule has 2 rings (SSSR count). The molecule has 1 N–H and O–H groups in total. The van der Waals surface area contributed by atoms with E-state index >= 15 is 0 Å². The van der Waals surface area contributed by atoms with E-state index in [2.05, 4.69) is 15.5 Å². The first-order valence-corrected chi connectivity index (χ1v) is 6.91. The second-order valence-electron chi connectivity index (χ2n) is 3.95. The predicted octanol–water partition coefficient (Wildman–Crippen LogP) is 1.71. The average molecular weight is 309 g/mol. The van der Waals surface area contributed by atoms with Crippen molar-refractivity contribution in [2.45, 2.75) is 6.61 Å². The Bertz CT molecular complexity index is 603. The van der Waals surface area contributed by atoms with Crippen molar-refractivity contribution in [1.29, 1.82) is 0 Å². The van der Waals surface area contributed by atoms with E-state index in [1.165, 1.54) is 11.3 Å². The second kappa shape index (κ2) is 7.55. The van der Waals surface area contributed by atoms with Crippen molar-refractivity contribution < 1.29 is 19.0 Å². The summed E-state index contributed by atoms with van der Waals surface area (Å²) in [6.07, 6.45) is 0. The van der Waals surface area contributed by atoms with Gasteiger partial charge < -0.3 is 14.2 Å². The van der Waals surface area contributed by atoms with E-state index in [0.717, 1.165) is 0 Å². The number of nitrogens with one attached hydrogen (secondary N) is 1. The standard InChI is InChI=1S/C13H15N3O4S/c1-18-8-12-15-16-13(21-12)14-11(17)7-20-10-5-3-4-9(6-10)19-2/h3-6H,7-8H2,1-2H3,(H,14,16,17). The summed E-state index contributed by atoms with van der Waals surface area (Å²) < 4.78 is 15.4. The molecule has 21 heavy (non-hydrogen) atoms. The molecule has 2 aromatic rings. The number of amides is 1. The van der Waals surface area contributed by atoms with Gasteiger partial charge in [-0.25, -0.2) is 0 Å². The summed E-state index contributed by atoms with van der Waals surface area (Å²) in [5.41, 5.74) is 0. The molecule has 0 saturated heterocycles. The molecular weight excluding hydrogens is 294 g/mol. The van der Waals surface area contributed by atoms with Gasteiger partial charge in [0.05, 0.1) is 7.11 Å². The molecule has 0 spiro atoms. The van der Waals surface area contributed by atoms with Crippen molar-refractivity contribution in [2.24, 2.45) is 0 Å². The summed E-state index contributed by atoms with van der Waals surface area (Å²) in [5.74, 6) is 0.918. The number of ether oxygens (including phenoxy) is 3. The molecular formula is C13H15N3O4S. The minimum atomic E-state index is -0.307. The molecule has 7 nitrogen and oxygen atoms in total. The monoisotopic (exact) mass is 309 g/mol. The van der Waals surface area contributed by atoms with Crippen LogP contribution in [-0.2, 0) is 16.1 Å². The van der Waals surface area contributed by atoms with Crippen molar-refractivity contribution in [3.8, 4) is 11.5 Å². The largest absolute Gasteiger partial charge is 0.497 e. The zero-order chi connectivity index (χ0) is 15.1. The maximum Gasteiger partial charge on any atom is 0.264 e. The number of carbonyl (C=O) groups is 1. The molecule has 0 bridgehead atoms. The van der Waals surface area contributed by atoms with E-state index in [1.54, 1.807) is 38.5 Å². The zero-order valence-corrected chi connectivity index (χ0v) is 12.5. The molecule has 1 amide bonds. The Balaban J connectivity index is 1.83. The van der Waals surface area contributed by atoms with E-state index in [1.807, 2.05) is 0 Å². The molecule has 8 heteroatoms. The molecule has 112 valence electrons. The number of hydrogen-bond acceptors (Lipinski definition) is 7. The Kier molecular flexibility index (Phi) is 5.47. The molecule has 0 aliphatic rings. The van der Waals surface area contributed by atoms with Gasteiger partial charge in [0.25, 0.3) is 5.91 Å². The minimum Gasteiger partial charge on any atom is -0.497 e. The van der Waals surface area contributed by atoms with Crippen molar-refractivity contribution in [1.82, 2.24) is 10.2 Å². The van der Waals surface area contributed by atoms with Crippen LogP contribution >= 0.6 is 11.3 Å². The molecule has 1 aromatic heterocycles. The number of aromatic nitrogens is 2. The van der Waals surface area contributed by atoms with Crippen LogP contribution in [0.15, 0.2) is 24.3 Å². The van der Waals surface area contributed by atoms with Gasteiger partial charge in [-0.1, -0.05) is 17.4 Å². The van der Waals surface area contributed by atoms with Crippen LogP contribution in [0, 0.1) is 0 Å². The van der Waals surface area contributed by atoms with Gasteiger partial charge in [-0.2, -0.15) is 0 Å². The number of carbonyl (C=O) groups excluding carboxylic acids is 1. The summed E-state index contributed by atoms with van der Waals surface area (Å²) in [6, 6.07) is 7.03. The number of rotatable bonds is 7. The molecule has 1 heterocycles. The Hall–Kier alpha value is -2.19. The fourth-order valence-electron chi connectivity index (χ4n) is 1.48. The zero-order valence-electron chi connectivity index (χ0n) is 11.7. The quantitative estimate of drug-likeness (QED) is 0.838. The summed E-state index contributed by atoms with van der Waals surface area (Å²) in [6.45, 7) is 0.250. The lowest BCUT2D eigenvalue weighted by Gasteiger charge is -2.06. The SMILES string of the molecule is COCc1nnc(NC(=O)COc2cccc(OC)c2)s1. The smallest absolute Gasteiger partial charge is 0.264 e. The summed E-state index contributed by atoms with van der Waals surface area (Å²) in [7, 11) is 3.14. The number of methoxy groups -OCH3 is 2. The highest BCUT2D eigenvalue weighted by atomic mass is 32.1. The van der Waals surface area contributed by atoms with Crippen LogP contribution in [0.2, 0.25) is 0 Å². The van der Waals surface area contributed by atoms with Crippen molar-refractivity contribution in [2.75, 3.05) is 26.1 Å². The number of hydrogen-bond donors (Lipinski definition) is 1.